The smallest absolute Gasteiger partial charge is 0.250 e. The van der Waals surface area contributed by atoms with E-state index >= 15 is 0 Å². The van der Waals surface area contributed by atoms with Crippen LogP contribution in [0.25, 0.3) is 0 Å². The Kier molecular flexibility index (Phi) is 5.55. The first-order chi connectivity index (χ1) is 10.7. The molecule has 0 unspecified atom stereocenters. The highest BCUT2D eigenvalue weighted by molar-refractivity contribution is 5.91. The first-order valence-corrected chi connectivity index (χ1v) is 7.30. The molecule has 0 aromatic heterocycles. The predicted octanol–water partition coefficient (Wildman–Crippen LogP) is 3.88. The third-order valence-electron chi connectivity index (χ3n) is 3.40. The molecule has 0 radical (unpaired) electrons. The summed E-state index contributed by atoms with van der Waals surface area (Å²) in [6.07, 6.45) is 0.376. The lowest BCUT2D eigenvalue weighted by Crippen LogP contribution is -2.30. The summed E-state index contributed by atoms with van der Waals surface area (Å²) in [5.41, 5.74) is 2.69. The highest BCUT2D eigenvalue weighted by Crippen LogP contribution is 2.24. The van der Waals surface area contributed by atoms with Gasteiger partial charge in [0.05, 0.1) is 12.8 Å². The van der Waals surface area contributed by atoms with Gasteiger partial charge in [-0.3, -0.25) is 9.63 Å². The predicted molar refractivity (Wildman–Crippen MR) is 86.7 cm³/mol. The Labute approximate surface area is 131 Å². The van der Waals surface area contributed by atoms with Gasteiger partial charge in [0, 0.05) is 12.0 Å². The Hall–Kier alpha value is -2.33. The van der Waals surface area contributed by atoms with Crippen LogP contribution >= 0.6 is 0 Å². The summed E-state index contributed by atoms with van der Waals surface area (Å²) in [7, 11) is 1.49. The van der Waals surface area contributed by atoms with Crippen molar-refractivity contribution in [3.8, 4) is 5.75 Å². The van der Waals surface area contributed by atoms with Crippen molar-refractivity contribution in [1.29, 1.82) is 0 Å². The van der Waals surface area contributed by atoms with Gasteiger partial charge in [0.1, 0.15) is 12.4 Å². The molecule has 0 fully saturated rings. The van der Waals surface area contributed by atoms with Crippen LogP contribution in [0.3, 0.4) is 0 Å². The van der Waals surface area contributed by atoms with Crippen molar-refractivity contribution in [3.63, 3.8) is 0 Å². The largest absolute Gasteiger partial charge is 0.489 e. The van der Waals surface area contributed by atoms with Crippen molar-refractivity contribution in [1.82, 2.24) is 0 Å². The minimum Gasteiger partial charge on any atom is -0.489 e. The summed E-state index contributed by atoms with van der Waals surface area (Å²) < 4.78 is 5.88. The normalized spacial score (nSPS) is 10.3. The number of ether oxygens (including phenoxy) is 1. The van der Waals surface area contributed by atoms with E-state index in [1.54, 1.807) is 6.92 Å². The lowest BCUT2D eigenvalue weighted by Gasteiger charge is -2.22. The number of hydrogen-bond acceptors (Lipinski definition) is 3. The number of anilines is 1. The van der Waals surface area contributed by atoms with Crippen molar-refractivity contribution in [2.75, 3.05) is 12.2 Å². The number of hydroxylamine groups is 1. The summed E-state index contributed by atoms with van der Waals surface area (Å²) in [6.45, 7) is 4.18. The van der Waals surface area contributed by atoms with Crippen LogP contribution in [-0.4, -0.2) is 13.0 Å². The summed E-state index contributed by atoms with van der Waals surface area (Å²) in [5.74, 6) is 0.744. The summed E-state index contributed by atoms with van der Waals surface area (Å²) >= 11 is 0. The molecule has 0 saturated heterocycles. The maximum atomic E-state index is 12.0. The second kappa shape index (κ2) is 7.61. The van der Waals surface area contributed by atoms with Gasteiger partial charge in [-0.15, -0.1) is 0 Å². The Morgan fingerprint density at radius 2 is 1.77 bits per heavy atom. The minimum absolute atomic E-state index is 0.0918. The number of carbonyl (C=O) groups is 1. The van der Waals surface area contributed by atoms with Crippen LogP contribution in [0, 0.1) is 6.92 Å². The number of amides is 1. The van der Waals surface area contributed by atoms with Crippen LogP contribution in [0.4, 0.5) is 5.69 Å². The fourth-order valence-electron chi connectivity index (χ4n) is 2.18. The number of rotatable bonds is 6. The lowest BCUT2D eigenvalue weighted by molar-refractivity contribution is -0.124. The van der Waals surface area contributed by atoms with Gasteiger partial charge < -0.3 is 4.74 Å². The Bertz CT molecular complexity index is 640. The molecule has 2 rings (SSSR count). The molecule has 0 aliphatic heterocycles. The van der Waals surface area contributed by atoms with Gasteiger partial charge in [0.15, 0.2) is 0 Å². The standard InChI is InChI=1S/C18H21NO3/c1-4-18(20)19(21-3)16-11-7-6-10-15(16)13-22-17-12-8-5-9-14(17)2/h5-12H,4,13H2,1-3H3. The van der Waals surface area contributed by atoms with E-state index in [4.69, 9.17) is 9.57 Å². The zero-order valence-corrected chi connectivity index (χ0v) is 13.2. The van der Waals surface area contributed by atoms with Crippen LogP contribution in [-0.2, 0) is 16.2 Å². The number of carbonyl (C=O) groups excluding carboxylic acids is 1. The molecule has 0 N–H and O–H groups in total. The SMILES string of the molecule is CCC(=O)N(OC)c1ccccc1COc1ccccc1C. The van der Waals surface area contributed by atoms with E-state index in [1.165, 1.54) is 12.2 Å². The fourth-order valence-corrected chi connectivity index (χ4v) is 2.18. The molecule has 0 bridgehead atoms. The molecule has 0 atom stereocenters. The van der Waals surface area contributed by atoms with Gasteiger partial charge in [-0.05, 0) is 24.6 Å². The van der Waals surface area contributed by atoms with Gasteiger partial charge in [0.25, 0.3) is 5.91 Å². The van der Waals surface area contributed by atoms with Crippen molar-refractivity contribution >= 4 is 11.6 Å². The highest BCUT2D eigenvalue weighted by atomic mass is 16.7. The minimum atomic E-state index is -0.0918. The third kappa shape index (κ3) is 3.65. The summed E-state index contributed by atoms with van der Waals surface area (Å²) in [5, 5.41) is 1.32. The van der Waals surface area contributed by atoms with Gasteiger partial charge in [-0.1, -0.05) is 43.3 Å². The van der Waals surface area contributed by atoms with Crippen molar-refractivity contribution in [3.05, 3.63) is 59.7 Å². The average molecular weight is 299 g/mol. The maximum absolute atomic E-state index is 12.0. The molecular formula is C18H21NO3. The van der Waals surface area contributed by atoms with Gasteiger partial charge in [-0.25, -0.2) is 0 Å². The monoisotopic (exact) mass is 299 g/mol. The summed E-state index contributed by atoms with van der Waals surface area (Å²) in [4.78, 5) is 17.2. The molecule has 0 aliphatic rings. The molecule has 4 heteroatoms. The number of para-hydroxylation sites is 2. The molecule has 2 aromatic carbocycles. The van der Waals surface area contributed by atoms with Crippen molar-refractivity contribution in [2.24, 2.45) is 0 Å². The van der Waals surface area contributed by atoms with Crippen LogP contribution in [0.15, 0.2) is 48.5 Å². The van der Waals surface area contributed by atoms with Crippen LogP contribution < -0.4 is 9.80 Å². The zero-order chi connectivity index (χ0) is 15.9. The second-order valence-corrected chi connectivity index (χ2v) is 4.91. The van der Waals surface area contributed by atoms with Gasteiger partial charge in [-0.2, -0.15) is 5.06 Å². The van der Waals surface area contributed by atoms with E-state index in [1.807, 2.05) is 55.5 Å². The van der Waals surface area contributed by atoms with Gasteiger partial charge in [0.2, 0.25) is 0 Å². The fraction of sp³-hybridized carbons (Fsp3) is 0.278. The third-order valence-corrected chi connectivity index (χ3v) is 3.40. The number of hydrogen-bond donors (Lipinski definition) is 0. The molecule has 0 saturated carbocycles. The molecule has 116 valence electrons. The topological polar surface area (TPSA) is 38.8 Å². The second-order valence-electron chi connectivity index (χ2n) is 4.91. The number of nitrogens with zero attached hydrogens (tertiary/aromatic N) is 1. The van der Waals surface area contributed by atoms with Crippen molar-refractivity contribution in [2.45, 2.75) is 26.9 Å². The molecule has 2 aromatic rings. The van der Waals surface area contributed by atoms with Crippen LogP contribution in [0.1, 0.15) is 24.5 Å². The van der Waals surface area contributed by atoms with E-state index in [2.05, 4.69) is 0 Å². The molecule has 22 heavy (non-hydrogen) atoms. The molecule has 1 amide bonds. The molecule has 0 aliphatic carbocycles. The van der Waals surface area contributed by atoms with Crippen molar-refractivity contribution < 1.29 is 14.4 Å². The Balaban J connectivity index is 2.21. The first kappa shape index (κ1) is 16.0. The Morgan fingerprint density at radius 1 is 1.09 bits per heavy atom. The number of benzene rings is 2. The van der Waals surface area contributed by atoms with Crippen LogP contribution in [0.5, 0.6) is 5.75 Å². The molecule has 4 nitrogen and oxygen atoms in total. The van der Waals surface area contributed by atoms with E-state index in [-0.39, 0.29) is 5.91 Å². The first-order valence-electron chi connectivity index (χ1n) is 7.30. The number of aryl methyl sites for hydroxylation is 1. The van der Waals surface area contributed by atoms with E-state index < -0.39 is 0 Å². The van der Waals surface area contributed by atoms with Crippen LogP contribution in [0.2, 0.25) is 0 Å². The molecule has 0 heterocycles. The summed E-state index contributed by atoms with van der Waals surface area (Å²) in [6, 6.07) is 15.4. The lowest BCUT2D eigenvalue weighted by atomic mass is 10.1. The average Bonchev–Trinajstić information content (AvgIpc) is 2.55. The van der Waals surface area contributed by atoms with Gasteiger partial charge >= 0.3 is 0 Å². The zero-order valence-electron chi connectivity index (χ0n) is 13.2. The maximum Gasteiger partial charge on any atom is 0.250 e. The molecule has 0 spiro atoms. The molecular weight excluding hydrogens is 278 g/mol. The van der Waals surface area contributed by atoms with E-state index in [9.17, 15) is 4.79 Å². The Morgan fingerprint density at radius 3 is 2.45 bits per heavy atom. The quantitative estimate of drug-likeness (QED) is 0.760. The highest BCUT2D eigenvalue weighted by Gasteiger charge is 2.17. The van der Waals surface area contributed by atoms with E-state index in [0.29, 0.717) is 18.7 Å². The van der Waals surface area contributed by atoms with E-state index in [0.717, 1.165) is 16.9 Å².